The quantitative estimate of drug-likeness (QED) is 0.785. The summed E-state index contributed by atoms with van der Waals surface area (Å²) in [6.07, 6.45) is 1.77. The van der Waals surface area contributed by atoms with Gasteiger partial charge in [0.05, 0.1) is 20.2 Å². The van der Waals surface area contributed by atoms with Crippen LogP contribution in [0.1, 0.15) is 11.4 Å². The average Bonchev–Trinajstić information content (AvgIpc) is 2.85. The minimum Gasteiger partial charge on any atom is -0.497 e. The van der Waals surface area contributed by atoms with Gasteiger partial charge in [0.1, 0.15) is 17.1 Å². The first-order chi connectivity index (χ1) is 9.81. The summed E-state index contributed by atoms with van der Waals surface area (Å²) in [5.41, 5.74) is 8.65. The molecule has 0 spiro atoms. The van der Waals surface area contributed by atoms with Crippen molar-refractivity contribution in [3.8, 4) is 5.75 Å². The highest BCUT2D eigenvalue weighted by molar-refractivity contribution is 5.71. The number of methoxy groups -OCH3 is 1. The zero-order valence-electron chi connectivity index (χ0n) is 11.3. The topological polar surface area (TPSA) is 66.0 Å². The van der Waals surface area contributed by atoms with E-state index in [1.54, 1.807) is 13.3 Å². The molecule has 102 valence electrons. The van der Waals surface area contributed by atoms with E-state index in [1.165, 1.54) is 0 Å². The molecule has 0 fully saturated rings. The molecule has 0 radical (unpaired) electrons. The van der Waals surface area contributed by atoms with Gasteiger partial charge < -0.3 is 15.0 Å². The molecule has 0 unspecified atom stereocenters. The lowest BCUT2D eigenvalue weighted by Gasteiger charge is -2.08. The van der Waals surface area contributed by atoms with E-state index in [2.05, 4.69) is 16.0 Å². The number of ether oxygens (including phenoxy) is 1. The molecule has 1 aromatic carbocycles. The first-order valence-electron chi connectivity index (χ1n) is 6.45. The number of nitrogens with zero attached hydrogens (tertiary/aromatic N) is 3. The number of fused-ring (bicyclic) bond motifs is 1. The third-order valence-electron chi connectivity index (χ3n) is 3.24. The molecule has 0 aliphatic rings. The van der Waals surface area contributed by atoms with Gasteiger partial charge in [0, 0.05) is 6.20 Å². The maximum absolute atomic E-state index is 5.79. The monoisotopic (exact) mass is 268 g/mol. The van der Waals surface area contributed by atoms with Crippen LogP contribution < -0.4 is 10.5 Å². The third-order valence-corrected chi connectivity index (χ3v) is 3.24. The van der Waals surface area contributed by atoms with Crippen LogP contribution in [-0.2, 0) is 13.1 Å². The molecule has 3 rings (SSSR count). The number of nitrogens with two attached hydrogens (primary N) is 1. The largest absolute Gasteiger partial charge is 0.497 e. The Kier molecular flexibility index (Phi) is 3.35. The minimum atomic E-state index is 0.389. The molecular formula is C15H16N4O. The maximum Gasteiger partial charge on any atom is 0.160 e. The lowest BCUT2D eigenvalue weighted by atomic mass is 10.2. The van der Waals surface area contributed by atoms with Gasteiger partial charge in [0.25, 0.3) is 0 Å². The Balaban J connectivity index is 2.04. The van der Waals surface area contributed by atoms with Gasteiger partial charge in [-0.3, -0.25) is 0 Å². The van der Waals surface area contributed by atoms with Crippen LogP contribution in [0.2, 0.25) is 0 Å². The summed E-state index contributed by atoms with van der Waals surface area (Å²) in [6.45, 7) is 1.07. The first kappa shape index (κ1) is 12.6. The Labute approximate surface area is 117 Å². The minimum absolute atomic E-state index is 0.389. The average molecular weight is 268 g/mol. The second kappa shape index (κ2) is 5.30. The van der Waals surface area contributed by atoms with Gasteiger partial charge in [-0.15, -0.1) is 0 Å². The van der Waals surface area contributed by atoms with Crippen molar-refractivity contribution in [2.45, 2.75) is 13.1 Å². The molecule has 2 heterocycles. The molecule has 0 aliphatic carbocycles. The van der Waals surface area contributed by atoms with E-state index in [0.717, 1.165) is 28.3 Å². The predicted molar refractivity (Wildman–Crippen MR) is 77.5 cm³/mol. The van der Waals surface area contributed by atoms with Crippen LogP contribution in [0.15, 0.2) is 42.6 Å². The molecular weight excluding hydrogens is 252 g/mol. The van der Waals surface area contributed by atoms with Crippen LogP contribution in [0.25, 0.3) is 11.2 Å². The van der Waals surface area contributed by atoms with Gasteiger partial charge in [-0.05, 0) is 29.8 Å². The number of hydrogen-bond donors (Lipinski definition) is 1. The fourth-order valence-corrected chi connectivity index (χ4v) is 2.28. The zero-order valence-corrected chi connectivity index (χ0v) is 11.3. The maximum atomic E-state index is 5.79. The second-order valence-electron chi connectivity index (χ2n) is 4.52. The number of aromatic nitrogens is 3. The molecule has 2 N–H and O–H groups in total. The van der Waals surface area contributed by atoms with Crippen molar-refractivity contribution in [3.63, 3.8) is 0 Å². The van der Waals surface area contributed by atoms with E-state index < -0.39 is 0 Å². The van der Waals surface area contributed by atoms with Crippen LogP contribution in [0.5, 0.6) is 5.75 Å². The highest BCUT2D eigenvalue weighted by atomic mass is 16.5. The van der Waals surface area contributed by atoms with E-state index in [4.69, 9.17) is 10.5 Å². The van der Waals surface area contributed by atoms with Crippen molar-refractivity contribution >= 4 is 11.2 Å². The van der Waals surface area contributed by atoms with Crippen molar-refractivity contribution in [1.82, 2.24) is 14.5 Å². The smallest absolute Gasteiger partial charge is 0.160 e. The zero-order chi connectivity index (χ0) is 13.9. The summed E-state index contributed by atoms with van der Waals surface area (Å²) in [5.74, 6) is 1.68. The summed E-state index contributed by atoms with van der Waals surface area (Å²) in [7, 11) is 1.67. The second-order valence-corrected chi connectivity index (χ2v) is 4.52. The van der Waals surface area contributed by atoms with E-state index in [0.29, 0.717) is 13.1 Å². The van der Waals surface area contributed by atoms with Crippen molar-refractivity contribution in [2.75, 3.05) is 7.11 Å². The number of hydrogen-bond acceptors (Lipinski definition) is 4. The van der Waals surface area contributed by atoms with Gasteiger partial charge in [0.15, 0.2) is 5.65 Å². The van der Waals surface area contributed by atoms with Gasteiger partial charge in [-0.25, -0.2) is 9.97 Å². The lowest BCUT2D eigenvalue weighted by Crippen LogP contribution is -2.10. The van der Waals surface area contributed by atoms with Crippen LogP contribution in [0.3, 0.4) is 0 Å². The number of imidazole rings is 1. The van der Waals surface area contributed by atoms with Gasteiger partial charge in [0.2, 0.25) is 0 Å². The molecule has 0 saturated carbocycles. The summed E-state index contributed by atoms with van der Waals surface area (Å²) >= 11 is 0. The number of pyridine rings is 1. The van der Waals surface area contributed by atoms with Gasteiger partial charge in [-0.2, -0.15) is 0 Å². The summed E-state index contributed by atoms with van der Waals surface area (Å²) < 4.78 is 7.30. The lowest BCUT2D eigenvalue weighted by molar-refractivity contribution is 0.414. The Morgan fingerprint density at radius 2 is 2.15 bits per heavy atom. The molecule has 2 aromatic heterocycles. The Bertz CT molecular complexity index is 736. The van der Waals surface area contributed by atoms with Crippen molar-refractivity contribution in [1.29, 1.82) is 0 Å². The molecule has 0 amide bonds. The predicted octanol–water partition coefficient (Wildman–Crippen LogP) is 1.95. The van der Waals surface area contributed by atoms with Crippen molar-refractivity contribution < 1.29 is 4.74 Å². The molecule has 0 saturated heterocycles. The fourth-order valence-electron chi connectivity index (χ4n) is 2.28. The van der Waals surface area contributed by atoms with Crippen LogP contribution >= 0.6 is 0 Å². The van der Waals surface area contributed by atoms with E-state index in [-0.39, 0.29) is 0 Å². The summed E-state index contributed by atoms with van der Waals surface area (Å²) in [6, 6.07) is 11.8. The summed E-state index contributed by atoms with van der Waals surface area (Å²) in [4.78, 5) is 8.92. The molecule has 5 nitrogen and oxygen atoms in total. The SMILES string of the molecule is COc1cccc(Cn2c(CN)nc3cccnc32)c1. The van der Waals surface area contributed by atoms with E-state index in [1.807, 2.05) is 34.9 Å². The van der Waals surface area contributed by atoms with Crippen molar-refractivity contribution in [2.24, 2.45) is 5.73 Å². The number of rotatable bonds is 4. The van der Waals surface area contributed by atoms with Crippen LogP contribution in [-0.4, -0.2) is 21.6 Å². The van der Waals surface area contributed by atoms with Gasteiger partial charge >= 0.3 is 0 Å². The third kappa shape index (κ3) is 2.23. The van der Waals surface area contributed by atoms with E-state index in [9.17, 15) is 0 Å². The Morgan fingerprint density at radius 1 is 1.25 bits per heavy atom. The highest BCUT2D eigenvalue weighted by Crippen LogP contribution is 2.18. The highest BCUT2D eigenvalue weighted by Gasteiger charge is 2.10. The van der Waals surface area contributed by atoms with Crippen LogP contribution in [0, 0.1) is 0 Å². The van der Waals surface area contributed by atoms with Gasteiger partial charge in [-0.1, -0.05) is 12.1 Å². The molecule has 0 atom stereocenters. The normalized spacial score (nSPS) is 10.9. The van der Waals surface area contributed by atoms with Crippen LogP contribution in [0.4, 0.5) is 0 Å². The summed E-state index contributed by atoms with van der Waals surface area (Å²) in [5, 5.41) is 0. The Hall–Kier alpha value is -2.40. The first-order valence-corrected chi connectivity index (χ1v) is 6.45. The standard InChI is InChI=1S/C15H16N4O/c1-20-12-5-2-4-11(8-12)10-19-14(9-16)18-13-6-3-7-17-15(13)19/h2-8H,9-10,16H2,1H3. The molecule has 0 aliphatic heterocycles. The molecule has 0 bridgehead atoms. The fraction of sp³-hybridized carbons (Fsp3) is 0.200. The van der Waals surface area contributed by atoms with Crippen molar-refractivity contribution in [3.05, 3.63) is 54.0 Å². The molecule has 5 heteroatoms. The number of benzene rings is 1. The molecule has 20 heavy (non-hydrogen) atoms. The Morgan fingerprint density at radius 3 is 2.95 bits per heavy atom. The molecule has 3 aromatic rings. The van der Waals surface area contributed by atoms with E-state index >= 15 is 0 Å².